The molecule has 0 aromatic carbocycles. The first-order chi connectivity index (χ1) is 9.13. The maximum absolute atomic E-state index is 12.0. The van der Waals surface area contributed by atoms with Crippen LogP contribution in [-0.2, 0) is 0 Å². The minimum Gasteiger partial charge on any atom is -0.350 e. The Morgan fingerprint density at radius 1 is 1.47 bits per heavy atom. The topological polar surface area (TPSA) is 106 Å². The predicted octanol–water partition coefficient (Wildman–Crippen LogP) is 1.13. The van der Waals surface area contributed by atoms with Crippen LogP contribution in [0.15, 0.2) is 22.3 Å². The number of thiophene rings is 1. The molecule has 3 heterocycles. The first kappa shape index (κ1) is 11.7. The molecule has 0 unspecified atom stereocenters. The molecule has 0 radical (unpaired) electrons. The van der Waals surface area contributed by atoms with Crippen LogP contribution in [0.2, 0.25) is 0 Å². The van der Waals surface area contributed by atoms with Crippen molar-refractivity contribution >= 4 is 27.5 Å². The van der Waals surface area contributed by atoms with E-state index in [1.165, 1.54) is 0 Å². The third kappa shape index (κ3) is 2.17. The fourth-order valence-corrected chi connectivity index (χ4v) is 2.58. The van der Waals surface area contributed by atoms with Crippen LogP contribution < -0.4 is 11.0 Å². The molecule has 0 aliphatic carbocycles. The van der Waals surface area contributed by atoms with E-state index >= 15 is 0 Å². The first-order valence-corrected chi connectivity index (χ1v) is 6.53. The van der Waals surface area contributed by atoms with Crippen LogP contribution >= 0.6 is 11.3 Å². The number of carbonyl (C=O) groups is 1. The van der Waals surface area contributed by atoms with Crippen molar-refractivity contribution in [3.63, 3.8) is 0 Å². The van der Waals surface area contributed by atoms with Gasteiger partial charge in [-0.1, -0.05) is 0 Å². The standard InChI is InChI=1S/C11H11N5O2S/c1-5(9-14-11(18)16-15-9)12-10(17)7-4-8-6(13-7)2-3-19-8/h2-5,13H,1H3,(H,12,17)(H2,14,15,16,18)/t5-/m1/s1. The van der Waals surface area contributed by atoms with Crippen LogP contribution in [0.3, 0.4) is 0 Å². The summed E-state index contributed by atoms with van der Waals surface area (Å²) in [5.74, 6) is 0.159. The average molecular weight is 277 g/mol. The molecule has 4 N–H and O–H groups in total. The lowest BCUT2D eigenvalue weighted by molar-refractivity contribution is 0.0934. The number of fused-ring (bicyclic) bond motifs is 1. The molecule has 0 spiro atoms. The number of carbonyl (C=O) groups excluding carboxylic acids is 1. The van der Waals surface area contributed by atoms with Crippen molar-refractivity contribution < 1.29 is 4.79 Å². The van der Waals surface area contributed by atoms with Gasteiger partial charge >= 0.3 is 5.69 Å². The summed E-state index contributed by atoms with van der Waals surface area (Å²) in [6.07, 6.45) is 0. The van der Waals surface area contributed by atoms with Crippen LogP contribution in [0.5, 0.6) is 0 Å². The van der Waals surface area contributed by atoms with Crippen LogP contribution in [0.1, 0.15) is 29.3 Å². The molecule has 3 aromatic heterocycles. The molecule has 0 saturated heterocycles. The normalized spacial score (nSPS) is 12.7. The number of hydrogen-bond acceptors (Lipinski definition) is 4. The van der Waals surface area contributed by atoms with Gasteiger partial charge in [-0.15, -0.1) is 11.3 Å². The largest absolute Gasteiger partial charge is 0.350 e. The fraction of sp³-hybridized carbons (Fsp3) is 0.182. The second kappa shape index (κ2) is 4.39. The summed E-state index contributed by atoms with van der Waals surface area (Å²) >= 11 is 1.57. The van der Waals surface area contributed by atoms with Crippen LogP contribution in [-0.4, -0.2) is 26.1 Å². The summed E-state index contributed by atoms with van der Waals surface area (Å²) in [4.78, 5) is 28.5. The average Bonchev–Trinajstić information content (AvgIpc) is 3.02. The van der Waals surface area contributed by atoms with Crippen molar-refractivity contribution in [2.75, 3.05) is 0 Å². The highest BCUT2D eigenvalue weighted by Gasteiger charge is 2.16. The van der Waals surface area contributed by atoms with Gasteiger partial charge in [-0.3, -0.25) is 9.78 Å². The Balaban J connectivity index is 1.77. The SMILES string of the molecule is C[C@@H](NC(=O)c1cc2sccc2[nH]1)c1n[nH]c(=O)[nH]1. The van der Waals surface area contributed by atoms with E-state index in [2.05, 4.69) is 25.5 Å². The Bertz CT molecular complexity index is 752. The maximum atomic E-state index is 12.0. The molecule has 1 atom stereocenters. The number of H-pyrrole nitrogens is 3. The smallest absolute Gasteiger partial charge is 0.340 e. The summed E-state index contributed by atoms with van der Waals surface area (Å²) < 4.78 is 1.03. The molecule has 3 rings (SSSR count). The lowest BCUT2D eigenvalue weighted by Gasteiger charge is -2.09. The second-order valence-electron chi connectivity index (χ2n) is 4.14. The highest BCUT2D eigenvalue weighted by atomic mass is 32.1. The van der Waals surface area contributed by atoms with E-state index in [1.54, 1.807) is 24.3 Å². The molecule has 0 aliphatic heterocycles. The molecule has 8 heteroatoms. The van der Waals surface area contributed by atoms with Crippen molar-refractivity contribution in [1.82, 2.24) is 25.5 Å². The quantitative estimate of drug-likeness (QED) is 0.576. The lowest BCUT2D eigenvalue weighted by Crippen LogP contribution is -2.27. The van der Waals surface area contributed by atoms with Gasteiger partial charge in [0.1, 0.15) is 5.69 Å². The summed E-state index contributed by atoms with van der Waals surface area (Å²) in [6, 6.07) is 3.34. The van der Waals surface area contributed by atoms with Crippen LogP contribution in [0.4, 0.5) is 0 Å². The molecule has 19 heavy (non-hydrogen) atoms. The molecule has 0 saturated carbocycles. The van der Waals surface area contributed by atoms with Crippen molar-refractivity contribution in [2.24, 2.45) is 0 Å². The molecular formula is C11H11N5O2S. The van der Waals surface area contributed by atoms with Gasteiger partial charge in [-0.25, -0.2) is 9.89 Å². The molecule has 0 aliphatic rings. The Kier molecular flexibility index (Phi) is 2.71. The molecule has 0 fully saturated rings. The Labute approximate surface area is 111 Å². The highest BCUT2D eigenvalue weighted by Crippen LogP contribution is 2.21. The third-order valence-corrected chi connectivity index (χ3v) is 3.63. The van der Waals surface area contributed by atoms with Crippen molar-refractivity contribution in [2.45, 2.75) is 13.0 Å². The van der Waals surface area contributed by atoms with Gasteiger partial charge in [0.15, 0.2) is 5.82 Å². The Morgan fingerprint density at radius 2 is 2.32 bits per heavy atom. The summed E-state index contributed by atoms with van der Waals surface area (Å²) in [5, 5.41) is 10.8. The predicted molar refractivity (Wildman–Crippen MR) is 71.3 cm³/mol. The number of aromatic amines is 3. The zero-order valence-electron chi connectivity index (χ0n) is 9.98. The third-order valence-electron chi connectivity index (χ3n) is 2.76. The zero-order valence-corrected chi connectivity index (χ0v) is 10.8. The highest BCUT2D eigenvalue weighted by molar-refractivity contribution is 7.17. The van der Waals surface area contributed by atoms with E-state index < -0.39 is 5.69 Å². The van der Waals surface area contributed by atoms with Crippen molar-refractivity contribution in [3.05, 3.63) is 39.5 Å². The number of aromatic nitrogens is 4. The van der Waals surface area contributed by atoms with Gasteiger partial charge < -0.3 is 10.3 Å². The molecule has 7 nitrogen and oxygen atoms in total. The number of nitrogens with one attached hydrogen (secondary N) is 4. The lowest BCUT2D eigenvalue weighted by atomic mass is 10.3. The van der Waals surface area contributed by atoms with Crippen molar-refractivity contribution in [3.8, 4) is 0 Å². The summed E-state index contributed by atoms with van der Waals surface area (Å²) in [6.45, 7) is 1.75. The van der Waals surface area contributed by atoms with Gasteiger partial charge in [0.25, 0.3) is 5.91 Å². The first-order valence-electron chi connectivity index (χ1n) is 5.65. The fourth-order valence-electron chi connectivity index (χ4n) is 1.80. The van der Waals surface area contributed by atoms with Gasteiger partial charge in [0.05, 0.1) is 16.3 Å². The van der Waals surface area contributed by atoms with E-state index in [-0.39, 0.29) is 11.9 Å². The van der Waals surface area contributed by atoms with E-state index in [0.29, 0.717) is 11.5 Å². The van der Waals surface area contributed by atoms with Crippen molar-refractivity contribution in [1.29, 1.82) is 0 Å². The monoisotopic (exact) mass is 277 g/mol. The van der Waals surface area contributed by atoms with E-state index in [1.807, 2.05) is 11.4 Å². The van der Waals surface area contributed by atoms with Gasteiger partial charge in [-0.2, -0.15) is 5.10 Å². The number of amides is 1. The number of rotatable bonds is 3. The van der Waals surface area contributed by atoms with Crippen LogP contribution in [0, 0.1) is 0 Å². The molecular weight excluding hydrogens is 266 g/mol. The number of nitrogens with zero attached hydrogens (tertiary/aromatic N) is 1. The van der Waals surface area contributed by atoms with Gasteiger partial charge in [0.2, 0.25) is 0 Å². The van der Waals surface area contributed by atoms with Crippen LogP contribution in [0.25, 0.3) is 10.2 Å². The maximum Gasteiger partial charge on any atom is 0.340 e. The second-order valence-corrected chi connectivity index (χ2v) is 5.09. The summed E-state index contributed by atoms with van der Waals surface area (Å²) in [5.41, 5.74) is 1.04. The minimum atomic E-state index is -0.392. The van der Waals surface area contributed by atoms with Gasteiger partial charge in [0, 0.05) is 0 Å². The van der Waals surface area contributed by atoms with E-state index in [0.717, 1.165) is 10.2 Å². The van der Waals surface area contributed by atoms with Gasteiger partial charge in [-0.05, 0) is 24.4 Å². The zero-order chi connectivity index (χ0) is 13.4. The van der Waals surface area contributed by atoms with E-state index in [9.17, 15) is 9.59 Å². The minimum absolute atomic E-state index is 0.236. The Morgan fingerprint density at radius 3 is 3.00 bits per heavy atom. The molecule has 0 bridgehead atoms. The van der Waals surface area contributed by atoms with E-state index in [4.69, 9.17) is 0 Å². The summed E-state index contributed by atoms with van der Waals surface area (Å²) in [7, 11) is 0. The molecule has 1 amide bonds. The molecule has 3 aromatic rings. The molecule has 98 valence electrons. The Hall–Kier alpha value is -2.35. The number of hydrogen-bond donors (Lipinski definition) is 4.